The minimum absolute atomic E-state index is 0.0403. The van der Waals surface area contributed by atoms with Crippen LogP contribution in [0, 0.1) is 11.8 Å². The van der Waals surface area contributed by atoms with Crippen LogP contribution < -0.4 is 10.6 Å². The number of hydrogen-bond acceptors (Lipinski definition) is 3. The van der Waals surface area contributed by atoms with Crippen molar-refractivity contribution in [2.24, 2.45) is 11.8 Å². The Bertz CT molecular complexity index is 415. The summed E-state index contributed by atoms with van der Waals surface area (Å²) in [7, 11) is 0. The molecule has 0 aliphatic heterocycles. The zero-order chi connectivity index (χ0) is 15.1. The molecular weight excluding hydrogens is 256 g/mol. The second kappa shape index (κ2) is 7.89. The molecule has 6 heteroatoms. The molecule has 1 heterocycles. The molecule has 3 N–H and O–H groups in total. The smallest absolute Gasteiger partial charge is 0.320 e. The molecule has 0 spiro atoms. The maximum atomic E-state index is 12.0. The molecule has 0 aliphatic rings. The Morgan fingerprint density at radius 3 is 2.65 bits per heavy atom. The van der Waals surface area contributed by atoms with Gasteiger partial charge >= 0.3 is 6.03 Å². The first-order chi connectivity index (χ1) is 9.43. The van der Waals surface area contributed by atoms with E-state index >= 15 is 0 Å². The van der Waals surface area contributed by atoms with E-state index in [1.54, 1.807) is 16.9 Å². The van der Waals surface area contributed by atoms with E-state index < -0.39 is 0 Å². The molecule has 0 radical (unpaired) electrons. The Kier molecular flexibility index (Phi) is 6.51. The van der Waals surface area contributed by atoms with Crippen LogP contribution in [0.5, 0.6) is 0 Å². The highest BCUT2D eigenvalue weighted by Gasteiger charge is 2.16. The predicted molar refractivity (Wildman–Crippen MR) is 79.5 cm³/mol. The van der Waals surface area contributed by atoms with Gasteiger partial charge in [0.05, 0.1) is 6.20 Å². The zero-order valence-electron chi connectivity index (χ0n) is 12.8. The van der Waals surface area contributed by atoms with E-state index in [9.17, 15) is 4.79 Å². The number of hydrogen-bond donors (Lipinski definition) is 3. The molecule has 6 nitrogen and oxygen atoms in total. The van der Waals surface area contributed by atoms with E-state index in [1.807, 2.05) is 13.8 Å². The van der Waals surface area contributed by atoms with Crippen molar-refractivity contribution >= 4 is 11.8 Å². The van der Waals surface area contributed by atoms with Crippen LogP contribution in [0.2, 0.25) is 0 Å². The lowest BCUT2D eigenvalue weighted by atomic mass is 10.0. The molecule has 1 unspecified atom stereocenters. The van der Waals surface area contributed by atoms with Crippen molar-refractivity contribution in [1.82, 2.24) is 15.1 Å². The monoisotopic (exact) mass is 282 g/mol. The van der Waals surface area contributed by atoms with Gasteiger partial charge in [-0.2, -0.15) is 5.10 Å². The summed E-state index contributed by atoms with van der Waals surface area (Å²) in [6.07, 6.45) is 2.22. The first kappa shape index (κ1) is 16.5. The highest BCUT2D eigenvalue weighted by Crippen LogP contribution is 2.10. The van der Waals surface area contributed by atoms with E-state index in [4.69, 9.17) is 5.11 Å². The lowest BCUT2D eigenvalue weighted by Gasteiger charge is -2.22. The molecule has 1 aromatic rings. The Morgan fingerprint density at radius 2 is 2.10 bits per heavy atom. The molecule has 114 valence electrons. The predicted octanol–water partition coefficient (Wildman–Crippen LogP) is 2.07. The number of aliphatic hydroxyl groups excluding tert-OH is 1. The maximum absolute atomic E-state index is 12.0. The van der Waals surface area contributed by atoms with Crippen LogP contribution in [-0.2, 0) is 6.54 Å². The normalized spacial score (nSPS) is 12.8. The summed E-state index contributed by atoms with van der Waals surface area (Å²) in [5.41, 5.74) is 0. The molecule has 0 aromatic carbocycles. The largest absolute Gasteiger partial charge is 0.396 e. The van der Waals surface area contributed by atoms with Gasteiger partial charge in [-0.1, -0.05) is 27.7 Å². The molecule has 1 rings (SSSR count). The number of urea groups is 1. The number of aromatic nitrogens is 2. The van der Waals surface area contributed by atoms with Crippen molar-refractivity contribution in [1.29, 1.82) is 0 Å². The summed E-state index contributed by atoms with van der Waals surface area (Å²) < 4.78 is 1.78. The highest BCUT2D eigenvalue weighted by molar-refractivity contribution is 5.88. The van der Waals surface area contributed by atoms with Gasteiger partial charge in [0.25, 0.3) is 0 Å². The molecule has 0 saturated heterocycles. The Labute approximate surface area is 120 Å². The molecule has 0 aliphatic carbocycles. The van der Waals surface area contributed by atoms with Crippen LogP contribution in [0.15, 0.2) is 12.3 Å². The van der Waals surface area contributed by atoms with Crippen molar-refractivity contribution in [2.45, 2.75) is 46.7 Å². The quantitative estimate of drug-likeness (QED) is 0.716. The third kappa shape index (κ3) is 5.21. The Morgan fingerprint density at radius 1 is 1.40 bits per heavy atom. The second-order valence-corrected chi connectivity index (χ2v) is 5.75. The number of nitrogens with zero attached hydrogens (tertiary/aromatic N) is 2. The number of amides is 2. The zero-order valence-corrected chi connectivity index (χ0v) is 12.8. The standard InChI is InChI=1S/C14H26N4O2/c1-10(2)9-18-13(5-7-15-18)17-14(20)16-12(6-8-19)11(3)4/h5,7,10-12,19H,6,8-9H2,1-4H3,(H2,16,17,20). The number of carbonyl (C=O) groups excluding carboxylic acids is 1. The molecule has 0 bridgehead atoms. The van der Waals surface area contributed by atoms with E-state index in [0.29, 0.717) is 18.2 Å². The van der Waals surface area contributed by atoms with Crippen molar-refractivity contribution in [2.75, 3.05) is 11.9 Å². The topological polar surface area (TPSA) is 79.2 Å². The fourth-order valence-corrected chi connectivity index (χ4v) is 1.96. The fourth-order valence-electron chi connectivity index (χ4n) is 1.96. The van der Waals surface area contributed by atoms with Crippen molar-refractivity contribution < 1.29 is 9.90 Å². The van der Waals surface area contributed by atoms with Gasteiger partial charge in [0, 0.05) is 25.3 Å². The van der Waals surface area contributed by atoms with E-state index in [0.717, 1.165) is 6.54 Å². The van der Waals surface area contributed by atoms with E-state index in [-0.39, 0.29) is 24.6 Å². The van der Waals surface area contributed by atoms with Crippen LogP contribution in [0.4, 0.5) is 10.6 Å². The van der Waals surface area contributed by atoms with Crippen molar-refractivity contribution in [3.05, 3.63) is 12.3 Å². The number of aliphatic hydroxyl groups is 1. The summed E-state index contributed by atoms with van der Waals surface area (Å²) in [6, 6.07) is 1.47. The average molecular weight is 282 g/mol. The minimum Gasteiger partial charge on any atom is -0.396 e. The van der Waals surface area contributed by atoms with E-state index in [2.05, 4.69) is 29.6 Å². The molecule has 1 atom stereocenters. The first-order valence-corrected chi connectivity index (χ1v) is 7.14. The summed E-state index contributed by atoms with van der Waals surface area (Å²) in [5, 5.41) is 18.9. The van der Waals surface area contributed by atoms with E-state index in [1.165, 1.54) is 0 Å². The summed E-state index contributed by atoms with van der Waals surface area (Å²) in [5.74, 6) is 1.41. The number of rotatable bonds is 7. The number of carbonyl (C=O) groups is 1. The lowest BCUT2D eigenvalue weighted by Crippen LogP contribution is -2.42. The van der Waals surface area contributed by atoms with Crippen LogP contribution >= 0.6 is 0 Å². The van der Waals surface area contributed by atoms with Crippen LogP contribution in [0.25, 0.3) is 0 Å². The Hall–Kier alpha value is -1.56. The van der Waals surface area contributed by atoms with Crippen molar-refractivity contribution in [3.63, 3.8) is 0 Å². The minimum atomic E-state index is -0.261. The Balaban J connectivity index is 2.59. The lowest BCUT2D eigenvalue weighted by molar-refractivity contribution is 0.227. The average Bonchev–Trinajstić information content (AvgIpc) is 2.75. The molecular formula is C14H26N4O2. The summed E-state index contributed by atoms with van der Waals surface area (Å²) >= 11 is 0. The molecule has 20 heavy (non-hydrogen) atoms. The van der Waals surface area contributed by atoms with Gasteiger partial charge in [0.15, 0.2) is 0 Å². The highest BCUT2D eigenvalue weighted by atomic mass is 16.3. The molecule has 2 amide bonds. The van der Waals surface area contributed by atoms with Gasteiger partial charge in [0.2, 0.25) is 0 Å². The maximum Gasteiger partial charge on any atom is 0.320 e. The van der Waals surface area contributed by atoms with Gasteiger partial charge in [0.1, 0.15) is 5.82 Å². The molecule has 0 saturated carbocycles. The second-order valence-electron chi connectivity index (χ2n) is 5.75. The summed E-state index contributed by atoms with van der Waals surface area (Å²) in [6.45, 7) is 9.05. The fraction of sp³-hybridized carbons (Fsp3) is 0.714. The number of anilines is 1. The van der Waals surface area contributed by atoms with Gasteiger partial charge in [-0.25, -0.2) is 9.48 Å². The third-order valence-corrected chi connectivity index (χ3v) is 3.06. The first-order valence-electron chi connectivity index (χ1n) is 7.14. The van der Waals surface area contributed by atoms with Gasteiger partial charge < -0.3 is 10.4 Å². The van der Waals surface area contributed by atoms with Gasteiger partial charge in [-0.15, -0.1) is 0 Å². The van der Waals surface area contributed by atoms with Gasteiger partial charge in [-0.3, -0.25) is 5.32 Å². The SMILES string of the molecule is CC(C)Cn1nccc1NC(=O)NC(CCO)C(C)C. The van der Waals surface area contributed by atoms with Crippen molar-refractivity contribution in [3.8, 4) is 0 Å². The van der Waals surface area contributed by atoms with Crippen LogP contribution in [0.1, 0.15) is 34.1 Å². The third-order valence-electron chi connectivity index (χ3n) is 3.06. The number of nitrogens with one attached hydrogen (secondary N) is 2. The molecule has 1 aromatic heterocycles. The van der Waals surface area contributed by atoms with Crippen LogP contribution in [0.3, 0.4) is 0 Å². The van der Waals surface area contributed by atoms with Gasteiger partial charge in [-0.05, 0) is 18.3 Å². The van der Waals surface area contributed by atoms with Crippen LogP contribution in [-0.4, -0.2) is 33.6 Å². The summed E-state index contributed by atoms with van der Waals surface area (Å²) in [4.78, 5) is 12.0. The molecule has 0 fully saturated rings.